The van der Waals surface area contributed by atoms with Crippen LogP contribution in [0.5, 0.6) is 0 Å². The summed E-state index contributed by atoms with van der Waals surface area (Å²) in [7, 11) is 0. The topological polar surface area (TPSA) is 116 Å². The number of nitrogens with zero attached hydrogens (tertiary/aromatic N) is 4. The number of rotatable bonds is 6. The number of aryl methyl sites for hydroxylation is 1. The summed E-state index contributed by atoms with van der Waals surface area (Å²) >= 11 is 0. The Bertz CT molecular complexity index is 1010. The number of para-hydroxylation sites is 1. The Morgan fingerprint density at radius 2 is 1.61 bits per heavy atom. The highest BCUT2D eigenvalue weighted by atomic mass is 16.5. The lowest BCUT2D eigenvalue weighted by molar-refractivity contribution is 0.122. The number of benzene rings is 2. The number of aromatic nitrogens is 3. The molecule has 2 amide bonds. The van der Waals surface area contributed by atoms with E-state index in [0.717, 1.165) is 11.3 Å². The molecule has 2 heterocycles. The van der Waals surface area contributed by atoms with Crippen molar-refractivity contribution in [3.05, 3.63) is 60.2 Å². The first-order valence-corrected chi connectivity index (χ1v) is 9.96. The van der Waals surface area contributed by atoms with Crippen LogP contribution >= 0.6 is 0 Å². The highest BCUT2D eigenvalue weighted by Gasteiger charge is 2.17. The molecular weight excluding hydrogens is 396 g/mol. The van der Waals surface area contributed by atoms with Gasteiger partial charge in [-0.15, -0.1) is 0 Å². The summed E-state index contributed by atoms with van der Waals surface area (Å²) < 4.78 is 5.41. The maximum Gasteiger partial charge on any atom is 0.337 e. The van der Waals surface area contributed by atoms with Crippen molar-refractivity contribution >= 4 is 35.3 Å². The standard InChI is InChI=1S/C21H24N8O2/c1-15-7-9-17(10-8-15)23-21(30)28-27-19-24-18(22-16-5-3-2-4-6-16)25-20(26-19)29-11-13-31-14-12-29/h2-10H,11-14H2,1H3,(H2,23,28,30)(H2,22,24,25,26,27). The van der Waals surface area contributed by atoms with E-state index in [1.807, 2.05) is 66.4 Å². The van der Waals surface area contributed by atoms with Gasteiger partial charge < -0.3 is 20.3 Å². The summed E-state index contributed by atoms with van der Waals surface area (Å²) in [6, 6.07) is 16.7. The van der Waals surface area contributed by atoms with Crippen molar-refractivity contribution in [3.8, 4) is 0 Å². The van der Waals surface area contributed by atoms with E-state index < -0.39 is 6.03 Å². The number of amides is 2. The normalized spacial score (nSPS) is 13.4. The van der Waals surface area contributed by atoms with E-state index in [2.05, 4.69) is 36.4 Å². The van der Waals surface area contributed by atoms with Crippen molar-refractivity contribution in [2.45, 2.75) is 6.92 Å². The van der Waals surface area contributed by atoms with Crippen molar-refractivity contribution in [1.29, 1.82) is 0 Å². The minimum Gasteiger partial charge on any atom is -0.378 e. The van der Waals surface area contributed by atoms with Crippen molar-refractivity contribution < 1.29 is 9.53 Å². The van der Waals surface area contributed by atoms with Crippen LogP contribution < -0.4 is 26.4 Å². The van der Waals surface area contributed by atoms with Gasteiger partial charge in [-0.1, -0.05) is 35.9 Å². The molecule has 0 unspecified atom stereocenters. The number of anilines is 5. The summed E-state index contributed by atoms with van der Waals surface area (Å²) in [4.78, 5) is 27.6. The van der Waals surface area contributed by atoms with Crippen molar-refractivity contribution in [3.63, 3.8) is 0 Å². The van der Waals surface area contributed by atoms with E-state index >= 15 is 0 Å². The third kappa shape index (κ3) is 5.80. The first-order valence-electron chi connectivity index (χ1n) is 9.96. The third-order valence-electron chi connectivity index (χ3n) is 4.54. The van der Waals surface area contributed by atoms with E-state index in [4.69, 9.17) is 4.74 Å². The zero-order chi connectivity index (χ0) is 21.5. The van der Waals surface area contributed by atoms with Gasteiger partial charge in [-0.05, 0) is 31.2 Å². The average Bonchev–Trinajstić information content (AvgIpc) is 2.80. The number of morpholine rings is 1. The molecule has 0 aliphatic carbocycles. The maximum atomic E-state index is 12.2. The Morgan fingerprint density at radius 1 is 0.903 bits per heavy atom. The average molecular weight is 420 g/mol. The smallest absolute Gasteiger partial charge is 0.337 e. The van der Waals surface area contributed by atoms with Crippen LogP contribution in [0.15, 0.2) is 54.6 Å². The van der Waals surface area contributed by atoms with E-state index in [-0.39, 0.29) is 5.95 Å². The highest BCUT2D eigenvalue weighted by Crippen LogP contribution is 2.18. The predicted molar refractivity (Wildman–Crippen MR) is 120 cm³/mol. The van der Waals surface area contributed by atoms with Gasteiger partial charge in [0.05, 0.1) is 13.2 Å². The van der Waals surface area contributed by atoms with Crippen LogP contribution in [0.3, 0.4) is 0 Å². The predicted octanol–water partition coefficient (Wildman–Crippen LogP) is 2.91. The third-order valence-corrected chi connectivity index (χ3v) is 4.54. The summed E-state index contributed by atoms with van der Waals surface area (Å²) in [5, 5.41) is 5.91. The van der Waals surface area contributed by atoms with E-state index in [1.165, 1.54) is 0 Å². The summed E-state index contributed by atoms with van der Waals surface area (Å²) in [5.74, 6) is 1.08. The van der Waals surface area contributed by atoms with Gasteiger partial charge in [0, 0.05) is 24.5 Å². The van der Waals surface area contributed by atoms with Crippen LogP contribution in [0.4, 0.5) is 34.0 Å². The molecule has 0 saturated carbocycles. The number of urea groups is 1. The molecule has 4 rings (SSSR count). The summed E-state index contributed by atoms with van der Waals surface area (Å²) in [6.07, 6.45) is 0. The molecular formula is C21H24N8O2. The van der Waals surface area contributed by atoms with Gasteiger partial charge in [-0.2, -0.15) is 15.0 Å². The van der Waals surface area contributed by atoms with Gasteiger partial charge in [0.1, 0.15) is 0 Å². The lowest BCUT2D eigenvalue weighted by Gasteiger charge is -2.27. The van der Waals surface area contributed by atoms with Gasteiger partial charge in [0.15, 0.2) is 0 Å². The summed E-state index contributed by atoms with van der Waals surface area (Å²) in [5.41, 5.74) is 7.96. The second kappa shape index (κ2) is 9.72. The molecule has 3 aromatic rings. The molecule has 31 heavy (non-hydrogen) atoms. The molecule has 10 nitrogen and oxygen atoms in total. The van der Waals surface area contributed by atoms with Crippen LogP contribution in [0.2, 0.25) is 0 Å². The molecule has 10 heteroatoms. The molecule has 0 atom stereocenters. The maximum absolute atomic E-state index is 12.2. The zero-order valence-corrected chi connectivity index (χ0v) is 17.1. The molecule has 160 valence electrons. The first kappa shape index (κ1) is 20.4. The van der Waals surface area contributed by atoms with Crippen LogP contribution in [-0.4, -0.2) is 47.3 Å². The van der Waals surface area contributed by atoms with Gasteiger partial charge in [-0.25, -0.2) is 10.2 Å². The molecule has 0 spiro atoms. The highest BCUT2D eigenvalue weighted by molar-refractivity contribution is 5.89. The molecule has 1 aliphatic heterocycles. The van der Waals surface area contributed by atoms with Gasteiger partial charge in [0.2, 0.25) is 17.8 Å². The lowest BCUT2D eigenvalue weighted by Crippen LogP contribution is -2.38. The fourth-order valence-corrected chi connectivity index (χ4v) is 2.94. The van der Waals surface area contributed by atoms with Crippen LogP contribution in [0.1, 0.15) is 5.56 Å². The minimum atomic E-state index is -0.435. The van der Waals surface area contributed by atoms with Crippen molar-refractivity contribution in [1.82, 2.24) is 20.4 Å². The Labute approximate surface area is 180 Å². The van der Waals surface area contributed by atoms with Gasteiger partial charge >= 0.3 is 6.03 Å². The zero-order valence-electron chi connectivity index (χ0n) is 17.1. The molecule has 2 aromatic carbocycles. The number of hydrogen-bond acceptors (Lipinski definition) is 8. The van der Waals surface area contributed by atoms with Crippen LogP contribution in [0, 0.1) is 6.92 Å². The van der Waals surface area contributed by atoms with E-state index in [9.17, 15) is 4.79 Å². The molecule has 0 radical (unpaired) electrons. The fraction of sp³-hybridized carbons (Fsp3) is 0.238. The molecule has 4 N–H and O–H groups in total. The number of ether oxygens (including phenoxy) is 1. The van der Waals surface area contributed by atoms with Gasteiger partial charge in [-0.3, -0.25) is 5.43 Å². The lowest BCUT2D eigenvalue weighted by atomic mass is 10.2. The number of carbonyl (C=O) groups is 1. The quantitative estimate of drug-likeness (QED) is 0.450. The molecule has 1 aromatic heterocycles. The minimum absolute atomic E-state index is 0.217. The molecule has 1 aliphatic rings. The summed E-state index contributed by atoms with van der Waals surface area (Å²) in [6.45, 7) is 4.55. The van der Waals surface area contributed by atoms with Crippen LogP contribution in [0.25, 0.3) is 0 Å². The Balaban J connectivity index is 1.47. The Kier molecular flexibility index (Phi) is 6.38. The Hall–Kier alpha value is -3.92. The van der Waals surface area contributed by atoms with Crippen molar-refractivity contribution in [2.75, 3.05) is 47.3 Å². The Morgan fingerprint density at radius 3 is 2.35 bits per heavy atom. The number of carbonyl (C=O) groups excluding carboxylic acids is 1. The number of hydrazine groups is 1. The second-order valence-corrected chi connectivity index (χ2v) is 6.94. The second-order valence-electron chi connectivity index (χ2n) is 6.94. The van der Waals surface area contributed by atoms with Crippen molar-refractivity contribution in [2.24, 2.45) is 0 Å². The SMILES string of the molecule is Cc1ccc(NC(=O)NNc2nc(Nc3ccccc3)nc(N3CCOCC3)n2)cc1. The molecule has 1 fully saturated rings. The monoisotopic (exact) mass is 420 g/mol. The molecule has 1 saturated heterocycles. The number of hydrogen-bond donors (Lipinski definition) is 4. The largest absolute Gasteiger partial charge is 0.378 e. The fourth-order valence-electron chi connectivity index (χ4n) is 2.94. The first-order chi connectivity index (χ1) is 15.2. The van der Waals surface area contributed by atoms with Gasteiger partial charge in [0.25, 0.3) is 0 Å². The van der Waals surface area contributed by atoms with Crippen LogP contribution in [-0.2, 0) is 4.74 Å². The van der Waals surface area contributed by atoms with E-state index in [0.29, 0.717) is 43.9 Å². The van der Waals surface area contributed by atoms with E-state index in [1.54, 1.807) is 0 Å². The number of nitrogens with one attached hydrogen (secondary N) is 4. The molecule has 0 bridgehead atoms.